The molecule has 0 aliphatic rings. The Balaban J connectivity index is 2.95. The summed E-state index contributed by atoms with van der Waals surface area (Å²) in [6.45, 7) is 4.27. The molecular weight excluding hydrogens is 208 g/mol. The lowest BCUT2D eigenvalue weighted by Gasteiger charge is -2.03. The summed E-state index contributed by atoms with van der Waals surface area (Å²) >= 11 is 6.21. The number of aryl methyl sites for hydroxylation is 2. The third kappa shape index (κ3) is 1.40. The van der Waals surface area contributed by atoms with Gasteiger partial charge in [-0.05, 0) is 31.0 Å². The highest BCUT2D eigenvalue weighted by molar-refractivity contribution is 6.35. The van der Waals surface area contributed by atoms with Crippen LogP contribution in [-0.4, -0.2) is 4.57 Å². The van der Waals surface area contributed by atoms with E-state index in [0.717, 1.165) is 22.6 Å². The van der Waals surface area contributed by atoms with Crippen LogP contribution < -0.4 is 5.73 Å². The molecule has 0 aliphatic carbocycles. The van der Waals surface area contributed by atoms with Crippen molar-refractivity contribution in [3.63, 3.8) is 0 Å². The lowest BCUT2D eigenvalue weighted by Crippen LogP contribution is -1.95. The molecule has 0 aliphatic heterocycles. The number of rotatable bonds is 1. The van der Waals surface area contributed by atoms with E-state index in [0.29, 0.717) is 0 Å². The number of aromatic nitrogens is 1. The molecule has 0 saturated heterocycles. The fourth-order valence-electron chi connectivity index (χ4n) is 2.29. The van der Waals surface area contributed by atoms with Gasteiger partial charge in [-0.3, -0.25) is 0 Å². The predicted octanol–water partition coefficient (Wildman–Crippen LogP) is 3.28. The van der Waals surface area contributed by atoms with Crippen LogP contribution in [-0.2, 0) is 13.5 Å². The first-order valence-electron chi connectivity index (χ1n) is 5.09. The van der Waals surface area contributed by atoms with E-state index in [1.807, 2.05) is 12.1 Å². The minimum Gasteiger partial charge on any atom is -0.399 e. The third-order valence-corrected chi connectivity index (χ3v) is 3.29. The highest BCUT2D eigenvalue weighted by Crippen LogP contribution is 2.32. The molecule has 0 spiro atoms. The molecule has 0 fully saturated rings. The molecule has 0 amide bonds. The highest BCUT2D eigenvalue weighted by Gasteiger charge is 2.13. The number of halogens is 1. The first-order chi connectivity index (χ1) is 7.06. The molecule has 1 aromatic heterocycles. The fraction of sp³-hybridized carbons (Fsp3) is 0.333. The van der Waals surface area contributed by atoms with Crippen LogP contribution in [0, 0.1) is 6.92 Å². The molecule has 0 saturated carbocycles. The van der Waals surface area contributed by atoms with Gasteiger partial charge in [0.1, 0.15) is 0 Å². The summed E-state index contributed by atoms with van der Waals surface area (Å²) in [4.78, 5) is 0. The summed E-state index contributed by atoms with van der Waals surface area (Å²) in [5.41, 5.74) is 10.2. The molecule has 2 rings (SSSR count). The van der Waals surface area contributed by atoms with Gasteiger partial charge >= 0.3 is 0 Å². The molecule has 2 aromatic rings. The Labute approximate surface area is 94.6 Å². The molecule has 80 valence electrons. The second-order valence-electron chi connectivity index (χ2n) is 3.88. The van der Waals surface area contributed by atoms with Crippen molar-refractivity contribution >= 4 is 28.2 Å². The molecule has 1 aromatic carbocycles. The number of anilines is 1. The van der Waals surface area contributed by atoms with Crippen LogP contribution in [0.3, 0.4) is 0 Å². The zero-order valence-electron chi connectivity index (χ0n) is 9.26. The second-order valence-corrected chi connectivity index (χ2v) is 4.29. The Bertz CT molecular complexity index is 526. The summed E-state index contributed by atoms with van der Waals surface area (Å²) in [6.07, 6.45) is 1.01. The van der Waals surface area contributed by atoms with Crippen LogP contribution in [0.25, 0.3) is 10.9 Å². The maximum atomic E-state index is 6.21. The third-order valence-electron chi connectivity index (χ3n) is 3.00. The van der Waals surface area contributed by atoms with Crippen LogP contribution in [0.4, 0.5) is 5.69 Å². The van der Waals surface area contributed by atoms with Crippen molar-refractivity contribution in [1.29, 1.82) is 0 Å². The minimum atomic E-state index is 0.726. The van der Waals surface area contributed by atoms with Gasteiger partial charge in [0.05, 0.1) is 10.5 Å². The number of hydrogen-bond donors (Lipinski definition) is 1. The van der Waals surface area contributed by atoms with Crippen LogP contribution in [0.1, 0.15) is 18.2 Å². The van der Waals surface area contributed by atoms with E-state index in [9.17, 15) is 0 Å². The van der Waals surface area contributed by atoms with Crippen molar-refractivity contribution in [3.05, 3.63) is 28.4 Å². The van der Waals surface area contributed by atoms with E-state index >= 15 is 0 Å². The van der Waals surface area contributed by atoms with Crippen molar-refractivity contribution in [2.75, 3.05) is 5.73 Å². The topological polar surface area (TPSA) is 30.9 Å². The van der Waals surface area contributed by atoms with Gasteiger partial charge < -0.3 is 10.3 Å². The maximum Gasteiger partial charge on any atom is 0.0673 e. The van der Waals surface area contributed by atoms with Gasteiger partial charge in [-0.2, -0.15) is 0 Å². The zero-order chi connectivity index (χ0) is 11.2. The molecular formula is C12H15ClN2. The van der Waals surface area contributed by atoms with Crippen molar-refractivity contribution < 1.29 is 0 Å². The van der Waals surface area contributed by atoms with Gasteiger partial charge in [-0.25, -0.2) is 0 Å². The fourth-order valence-corrected chi connectivity index (χ4v) is 2.65. The van der Waals surface area contributed by atoms with Crippen molar-refractivity contribution in [2.45, 2.75) is 20.3 Å². The van der Waals surface area contributed by atoms with E-state index < -0.39 is 0 Å². The molecule has 0 radical (unpaired) electrons. The number of nitrogens with zero attached hydrogens (tertiary/aromatic N) is 1. The maximum absolute atomic E-state index is 6.21. The lowest BCUT2D eigenvalue weighted by molar-refractivity contribution is 0.857. The average Bonchev–Trinajstić information content (AvgIpc) is 2.39. The van der Waals surface area contributed by atoms with Crippen LogP contribution >= 0.6 is 11.6 Å². The second kappa shape index (κ2) is 3.46. The first kappa shape index (κ1) is 10.4. The Kier molecular flexibility index (Phi) is 2.39. The monoisotopic (exact) mass is 222 g/mol. The van der Waals surface area contributed by atoms with Gasteiger partial charge in [0.25, 0.3) is 0 Å². The molecule has 15 heavy (non-hydrogen) atoms. The Morgan fingerprint density at radius 3 is 2.67 bits per heavy atom. The molecule has 3 heteroatoms. The number of benzene rings is 1. The van der Waals surface area contributed by atoms with E-state index in [1.165, 1.54) is 16.6 Å². The number of nitrogen functional groups attached to an aromatic ring is 1. The van der Waals surface area contributed by atoms with Crippen LogP contribution in [0.2, 0.25) is 5.02 Å². The molecule has 0 unspecified atom stereocenters. The van der Waals surface area contributed by atoms with Crippen LogP contribution in [0.15, 0.2) is 12.1 Å². The molecule has 2 nitrogen and oxygen atoms in total. The van der Waals surface area contributed by atoms with E-state index in [4.69, 9.17) is 17.3 Å². The first-order valence-corrected chi connectivity index (χ1v) is 5.47. The van der Waals surface area contributed by atoms with E-state index in [-0.39, 0.29) is 0 Å². The number of hydrogen-bond acceptors (Lipinski definition) is 1. The zero-order valence-corrected chi connectivity index (χ0v) is 10.0. The summed E-state index contributed by atoms with van der Waals surface area (Å²) in [5, 5.41) is 1.90. The predicted molar refractivity (Wildman–Crippen MR) is 66.5 cm³/mol. The van der Waals surface area contributed by atoms with Gasteiger partial charge in [0, 0.05) is 23.8 Å². The Morgan fingerprint density at radius 1 is 1.40 bits per heavy atom. The van der Waals surface area contributed by atoms with Crippen molar-refractivity contribution in [1.82, 2.24) is 4.57 Å². The van der Waals surface area contributed by atoms with Crippen molar-refractivity contribution in [3.8, 4) is 0 Å². The summed E-state index contributed by atoms with van der Waals surface area (Å²) in [6, 6.07) is 3.80. The van der Waals surface area contributed by atoms with Gasteiger partial charge in [-0.15, -0.1) is 0 Å². The Hall–Kier alpha value is -1.15. The SMILES string of the molecule is CCc1c(C)c2cc(N)cc(Cl)c2n1C. The van der Waals surface area contributed by atoms with Gasteiger partial charge in [0.15, 0.2) is 0 Å². The number of nitrogens with two attached hydrogens (primary N) is 1. The minimum absolute atomic E-state index is 0.726. The molecule has 2 N–H and O–H groups in total. The van der Waals surface area contributed by atoms with E-state index in [1.54, 1.807) is 0 Å². The summed E-state index contributed by atoms with van der Waals surface area (Å²) in [5.74, 6) is 0. The number of fused-ring (bicyclic) bond motifs is 1. The summed E-state index contributed by atoms with van der Waals surface area (Å²) in [7, 11) is 2.05. The molecule has 0 atom stereocenters. The molecule has 1 heterocycles. The Morgan fingerprint density at radius 2 is 2.07 bits per heavy atom. The quantitative estimate of drug-likeness (QED) is 0.738. The smallest absolute Gasteiger partial charge is 0.0673 e. The van der Waals surface area contributed by atoms with Gasteiger partial charge in [-0.1, -0.05) is 18.5 Å². The van der Waals surface area contributed by atoms with Gasteiger partial charge in [0.2, 0.25) is 0 Å². The lowest BCUT2D eigenvalue weighted by atomic mass is 10.1. The average molecular weight is 223 g/mol. The highest BCUT2D eigenvalue weighted by atomic mass is 35.5. The van der Waals surface area contributed by atoms with E-state index in [2.05, 4.69) is 25.5 Å². The van der Waals surface area contributed by atoms with Crippen molar-refractivity contribution in [2.24, 2.45) is 7.05 Å². The summed E-state index contributed by atoms with van der Waals surface area (Å²) < 4.78 is 2.16. The van der Waals surface area contributed by atoms with Crippen LogP contribution in [0.5, 0.6) is 0 Å². The normalized spacial score (nSPS) is 11.2. The largest absolute Gasteiger partial charge is 0.399 e. The standard InChI is InChI=1S/C12H15ClN2/c1-4-11-7(2)9-5-8(14)6-10(13)12(9)15(11)3/h5-6H,4,14H2,1-3H3. The molecule has 0 bridgehead atoms.